The van der Waals surface area contributed by atoms with Gasteiger partial charge in [-0.1, -0.05) is 48.4 Å². The average Bonchev–Trinajstić information content (AvgIpc) is 3.07. The molecule has 1 aliphatic heterocycles. The number of aliphatic hydroxyl groups is 3. The van der Waals surface area contributed by atoms with Gasteiger partial charge in [0.05, 0.1) is 13.1 Å². The Bertz CT molecular complexity index is 1480. The molecule has 0 spiro atoms. The summed E-state index contributed by atoms with van der Waals surface area (Å²) in [4.78, 5) is 40.8. The van der Waals surface area contributed by atoms with Crippen molar-refractivity contribution in [2.45, 2.75) is 88.3 Å². The fourth-order valence-corrected chi connectivity index (χ4v) is 6.41. The van der Waals surface area contributed by atoms with E-state index >= 15 is 0 Å². The second-order valence-corrected chi connectivity index (χ2v) is 14.6. The normalized spacial score (nSPS) is 20.6. The molecule has 5 atom stereocenters. The fourth-order valence-electron chi connectivity index (χ4n) is 5.74. The number of unbranched alkanes of at least 4 members (excludes halogenated alkanes) is 1. The zero-order chi connectivity index (χ0) is 37.0. The van der Waals surface area contributed by atoms with Crippen LogP contribution in [0.15, 0.2) is 42.5 Å². The number of ether oxygens (including phenoxy) is 1. The highest BCUT2D eigenvalue weighted by Crippen LogP contribution is 2.36. The zero-order valence-electron chi connectivity index (χ0n) is 30.1. The molecule has 5 N–H and O–H groups in total. The molecule has 0 bridgehead atoms. The summed E-state index contributed by atoms with van der Waals surface area (Å²) in [6.07, 6.45) is 5.94. The highest BCUT2D eigenvalue weighted by Gasteiger charge is 2.44. The van der Waals surface area contributed by atoms with Gasteiger partial charge in [0.2, 0.25) is 17.7 Å². The Morgan fingerprint density at radius 3 is 2.34 bits per heavy atom. The Kier molecular flexibility index (Phi) is 15.8. The number of likely N-dealkylation sites (N-methyl/N-ethyl adjacent to an activating group) is 2. The van der Waals surface area contributed by atoms with Crippen molar-refractivity contribution < 1.29 is 34.4 Å². The van der Waals surface area contributed by atoms with Crippen molar-refractivity contribution in [3.05, 3.63) is 70.3 Å². The molecule has 0 unspecified atom stereocenters. The molecule has 50 heavy (non-hydrogen) atoms. The zero-order valence-corrected chi connectivity index (χ0v) is 31.0. The van der Waals surface area contributed by atoms with Gasteiger partial charge in [-0.2, -0.15) is 0 Å². The van der Waals surface area contributed by atoms with E-state index in [2.05, 4.69) is 40.8 Å². The molecule has 12 heteroatoms. The molecule has 3 amide bonds. The van der Waals surface area contributed by atoms with Crippen LogP contribution in [-0.2, 0) is 32.0 Å². The van der Waals surface area contributed by atoms with Gasteiger partial charge in [-0.05, 0) is 87.6 Å². The van der Waals surface area contributed by atoms with Crippen LogP contribution in [-0.4, -0.2) is 119 Å². The van der Waals surface area contributed by atoms with Crippen LogP contribution in [0.5, 0.6) is 0 Å². The van der Waals surface area contributed by atoms with Crippen LogP contribution in [0.2, 0.25) is 0 Å². The van der Waals surface area contributed by atoms with E-state index < -0.39 is 35.4 Å². The number of benzene rings is 2. The quantitative estimate of drug-likeness (QED) is 0.123. The number of rotatable bonds is 17. The predicted molar refractivity (Wildman–Crippen MR) is 196 cm³/mol. The number of terminal acetylenes is 1. The van der Waals surface area contributed by atoms with Crippen molar-refractivity contribution in [1.82, 2.24) is 20.4 Å². The van der Waals surface area contributed by atoms with Gasteiger partial charge >= 0.3 is 0 Å². The van der Waals surface area contributed by atoms with E-state index in [9.17, 15) is 29.7 Å². The van der Waals surface area contributed by atoms with E-state index in [1.807, 2.05) is 25.1 Å². The molecule has 11 nitrogen and oxygen atoms in total. The third-order valence-corrected chi connectivity index (χ3v) is 9.85. The van der Waals surface area contributed by atoms with Crippen LogP contribution in [0.3, 0.4) is 0 Å². The number of nitrogens with zero attached hydrogens (tertiary/aromatic N) is 2. The number of amides is 3. The molecule has 2 aromatic rings. The van der Waals surface area contributed by atoms with E-state index in [1.54, 1.807) is 39.1 Å². The van der Waals surface area contributed by atoms with Gasteiger partial charge in [0.1, 0.15) is 35.4 Å². The van der Waals surface area contributed by atoms with Crippen LogP contribution in [0.1, 0.15) is 67.0 Å². The number of hydrogen-bond donors (Lipinski definition) is 5. The lowest BCUT2D eigenvalue weighted by molar-refractivity contribution is -0.200. The summed E-state index contributed by atoms with van der Waals surface area (Å²) < 4.78 is 5.96. The number of aryl methyl sites for hydroxylation is 2. The second kappa shape index (κ2) is 19.2. The van der Waals surface area contributed by atoms with E-state index in [-0.39, 0.29) is 30.8 Å². The summed E-state index contributed by atoms with van der Waals surface area (Å²) in [6.45, 7) is 6.62. The minimum absolute atomic E-state index is 0.0989. The van der Waals surface area contributed by atoms with Crippen LogP contribution in [0.25, 0.3) is 0 Å². The third kappa shape index (κ3) is 11.8. The lowest BCUT2D eigenvalue weighted by Crippen LogP contribution is -2.55. The number of carbonyl (C=O) groups is 3. The molecule has 1 aliphatic rings. The first-order chi connectivity index (χ1) is 23.7. The summed E-state index contributed by atoms with van der Waals surface area (Å²) in [6, 6.07) is 14.3. The molecular formula is C38H54N4O7S. The summed E-state index contributed by atoms with van der Waals surface area (Å²) in [5.74, 6) is 1.86. The number of aliphatic hydroxyl groups excluding tert-OH is 3. The van der Waals surface area contributed by atoms with E-state index in [0.717, 1.165) is 35.1 Å². The third-order valence-electron chi connectivity index (χ3n) is 9.00. The lowest BCUT2D eigenvalue weighted by atomic mass is 9.91. The van der Waals surface area contributed by atoms with Crippen LogP contribution in [0, 0.1) is 19.3 Å². The largest absolute Gasteiger partial charge is 0.387 e. The molecule has 1 fully saturated rings. The van der Waals surface area contributed by atoms with Gasteiger partial charge in [0.25, 0.3) is 0 Å². The molecule has 274 valence electrons. The maximum Gasteiger partial charge on any atom is 0.245 e. The highest BCUT2D eigenvalue weighted by atomic mass is 32.2. The molecule has 0 radical (unpaired) electrons. The molecular weight excluding hydrogens is 657 g/mol. The SMILES string of the molecule is C#CCN(C)C(=O)CN(C)CCNC(=O)C(C)(C)NC(=O)CCCCc1ccc(Cc2cc([C@@H]3O[C@H](SC)[C@@H](O)[C@H](O)[C@H]3O)ccc2C)cc1. The molecule has 0 aromatic heterocycles. The lowest BCUT2D eigenvalue weighted by Gasteiger charge is -2.40. The van der Waals surface area contributed by atoms with Gasteiger partial charge in [0, 0.05) is 26.6 Å². The maximum absolute atomic E-state index is 12.7. The van der Waals surface area contributed by atoms with Crippen molar-refractivity contribution in [3.8, 4) is 12.3 Å². The second-order valence-electron chi connectivity index (χ2n) is 13.6. The molecule has 3 rings (SSSR count). The average molecular weight is 711 g/mol. The Morgan fingerprint density at radius 2 is 1.68 bits per heavy atom. The number of hydrogen-bond acceptors (Lipinski definition) is 9. The Balaban J connectivity index is 1.41. The van der Waals surface area contributed by atoms with Gasteiger partial charge in [-0.3, -0.25) is 19.3 Å². The number of carbonyl (C=O) groups excluding carboxylic acids is 3. The molecule has 0 saturated carbocycles. The topological polar surface area (TPSA) is 152 Å². The first kappa shape index (κ1) is 41.0. The predicted octanol–water partition coefficient (Wildman–Crippen LogP) is 2.18. The summed E-state index contributed by atoms with van der Waals surface area (Å²) >= 11 is 1.30. The standard InChI is InChI=1S/C38H54N4O7S/c1-8-20-42(6)31(44)24-41(5)21-19-39-37(48)38(3,4)40-30(43)12-10-9-11-26-14-16-27(17-15-26)22-29-23-28(18-13-25(29)2)35-33(46)32(45)34(47)36(49-35)50-7/h1,13-18,23,32-36,45-47H,9-12,19-22,24H2,2-7H3,(H,39,48)(H,40,43)/t32-,33-,34+,35+,36-/m1/s1. The smallest absolute Gasteiger partial charge is 0.245 e. The number of thioether (sulfide) groups is 1. The van der Waals surface area contributed by atoms with Gasteiger partial charge < -0.3 is 35.6 Å². The molecule has 2 aromatic carbocycles. The van der Waals surface area contributed by atoms with Crippen molar-refractivity contribution in [3.63, 3.8) is 0 Å². The minimum Gasteiger partial charge on any atom is -0.387 e. The first-order valence-corrected chi connectivity index (χ1v) is 18.3. The van der Waals surface area contributed by atoms with Crippen molar-refractivity contribution in [2.24, 2.45) is 0 Å². The van der Waals surface area contributed by atoms with Crippen molar-refractivity contribution >= 4 is 29.5 Å². The maximum atomic E-state index is 12.7. The van der Waals surface area contributed by atoms with Crippen LogP contribution in [0.4, 0.5) is 0 Å². The van der Waals surface area contributed by atoms with Gasteiger partial charge in [-0.25, -0.2) is 0 Å². The summed E-state index contributed by atoms with van der Waals surface area (Å²) in [5.41, 5.74) is 3.53. The van der Waals surface area contributed by atoms with Gasteiger partial charge in [-0.15, -0.1) is 18.2 Å². The number of nitrogens with one attached hydrogen (secondary N) is 2. The van der Waals surface area contributed by atoms with Crippen molar-refractivity contribution in [1.29, 1.82) is 0 Å². The summed E-state index contributed by atoms with van der Waals surface area (Å²) in [5, 5.41) is 36.9. The Hall–Kier alpha value is -3.44. The minimum atomic E-state index is -1.29. The van der Waals surface area contributed by atoms with Gasteiger partial charge in [0.15, 0.2) is 0 Å². The summed E-state index contributed by atoms with van der Waals surface area (Å²) in [7, 11) is 3.44. The van der Waals surface area contributed by atoms with E-state index in [1.165, 1.54) is 22.2 Å². The molecule has 1 heterocycles. The molecule has 0 aliphatic carbocycles. The monoisotopic (exact) mass is 710 g/mol. The van der Waals surface area contributed by atoms with Crippen LogP contribution >= 0.6 is 11.8 Å². The Morgan fingerprint density at radius 1 is 1.00 bits per heavy atom. The fraction of sp³-hybridized carbons (Fsp3) is 0.553. The van der Waals surface area contributed by atoms with E-state index in [0.29, 0.717) is 32.4 Å². The highest BCUT2D eigenvalue weighted by molar-refractivity contribution is 7.99. The first-order valence-electron chi connectivity index (χ1n) is 17.0. The Labute approximate surface area is 301 Å². The van der Waals surface area contributed by atoms with Crippen LogP contribution < -0.4 is 10.6 Å². The van der Waals surface area contributed by atoms with Crippen molar-refractivity contribution in [2.75, 3.05) is 46.5 Å². The van der Waals surface area contributed by atoms with E-state index in [4.69, 9.17) is 11.2 Å². The molecule has 1 saturated heterocycles.